The molecular weight excluding hydrogens is 580 g/mol. The van der Waals surface area contributed by atoms with Crippen LogP contribution in [0.2, 0.25) is 0 Å². The van der Waals surface area contributed by atoms with Crippen LogP contribution in [0, 0.1) is 0 Å². The lowest BCUT2D eigenvalue weighted by Crippen LogP contribution is -2.51. The number of ether oxygens (including phenoxy) is 1. The minimum atomic E-state index is -1.13. The Morgan fingerprint density at radius 2 is 1.38 bits per heavy atom. The molecule has 45 heavy (non-hydrogen) atoms. The fourth-order valence-electron chi connectivity index (χ4n) is 6.05. The molecule has 1 saturated heterocycles. The summed E-state index contributed by atoms with van der Waals surface area (Å²) in [7, 11) is 0. The summed E-state index contributed by atoms with van der Waals surface area (Å²) in [5.41, 5.74) is 3.87. The molecule has 2 aromatic heterocycles. The van der Waals surface area contributed by atoms with Crippen molar-refractivity contribution >= 4 is 34.1 Å². The molecule has 0 aliphatic carbocycles. The number of fused-ring (bicyclic) bond motifs is 1. The number of benzene rings is 4. The van der Waals surface area contributed by atoms with Crippen molar-refractivity contribution in [3.8, 4) is 5.75 Å². The van der Waals surface area contributed by atoms with Crippen LogP contribution in [0.4, 0.5) is 4.79 Å². The molecule has 4 aromatic carbocycles. The average Bonchev–Trinajstić information content (AvgIpc) is 3.65. The summed E-state index contributed by atoms with van der Waals surface area (Å²) in [6.45, 7) is 1.93. The van der Waals surface area contributed by atoms with Gasteiger partial charge in [0.25, 0.3) is 5.24 Å². The standard InChI is InChI=1S/C37H30N4O3S/c1-25(33-39-31-18-11-23-38-34(31)40-33)44-30-21-19-26(20-22-30)24-32-35(42)41(36(43)45-32)37(27-12-5-2-6-13-27,28-14-7-3-8-15-28)29-16-9-4-10-17-29/h2-23,25,32H,24H2,1H3,(H,38,39,40). The van der Waals surface area contributed by atoms with Gasteiger partial charge in [0.1, 0.15) is 17.1 Å². The molecule has 0 spiro atoms. The number of hydrogen-bond acceptors (Lipinski definition) is 6. The minimum absolute atomic E-state index is 0.214. The number of imidazole rings is 1. The molecule has 3 heterocycles. The second kappa shape index (κ2) is 12.1. The molecule has 0 saturated carbocycles. The maximum Gasteiger partial charge on any atom is 0.290 e. The van der Waals surface area contributed by atoms with Crippen molar-refractivity contribution in [3.05, 3.63) is 162 Å². The van der Waals surface area contributed by atoms with E-state index in [0.717, 1.165) is 39.5 Å². The first-order valence-electron chi connectivity index (χ1n) is 14.8. The number of hydrogen-bond donors (Lipinski definition) is 1. The molecule has 1 N–H and O–H groups in total. The monoisotopic (exact) mass is 610 g/mol. The van der Waals surface area contributed by atoms with E-state index in [1.165, 1.54) is 4.90 Å². The topological polar surface area (TPSA) is 88.2 Å². The number of nitrogens with zero attached hydrogens (tertiary/aromatic N) is 3. The highest BCUT2D eigenvalue weighted by Crippen LogP contribution is 2.47. The van der Waals surface area contributed by atoms with Crippen molar-refractivity contribution < 1.29 is 14.3 Å². The molecule has 1 aliphatic heterocycles. The molecule has 2 unspecified atom stereocenters. The van der Waals surface area contributed by atoms with Gasteiger partial charge in [-0.15, -0.1) is 0 Å². The van der Waals surface area contributed by atoms with Crippen molar-refractivity contribution in [2.24, 2.45) is 0 Å². The maximum absolute atomic E-state index is 14.4. The van der Waals surface area contributed by atoms with Crippen molar-refractivity contribution in [2.45, 2.75) is 30.2 Å². The predicted molar refractivity (Wildman–Crippen MR) is 176 cm³/mol. The Bertz CT molecular complexity index is 1820. The van der Waals surface area contributed by atoms with Gasteiger partial charge in [-0.05, 0) is 59.9 Å². The molecule has 8 heteroatoms. The van der Waals surface area contributed by atoms with E-state index >= 15 is 0 Å². The summed E-state index contributed by atoms with van der Waals surface area (Å²) in [5.74, 6) is 1.16. The van der Waals surface area contributed by atoms with E-state index in [1.54, 1.807) is 6.20 Å². The fourth-order valence-corrected chi connectivity index (χ4v) is 7.11. The first-order chi connectivity index (χ1) is 22.0. The van der Waals surface area contributed by atoms with Crippen molar-refractivity contribution in [1.82, 2.24) is 19.9 Å². The molecule has 0 radical (unpaired) electrons. The number of H-pyrrole nitrogens is 1. The second-order valence-electron chi connectivity index (χ2n) is 11.0. The highest BCUT2D eigenvalue weighted by atomic mass is 32.2. The lowest BCUT2D eigenvalue weighted by molar-refractivity contribution is -0.129. The number of pyridine rings is 1. The van der Waals surface area contributed by atoms with Gasteiger partial charge in [0, 0.05) is 6.20 Å². The Morgan fingerprint density at radius 3 is 1.93 bits per heavy atom. The molecule has 2 atom stereocenters. The molecule has 1 aliphatic rings. The lowest BCUT2D eigenvalue weighted by Gasteiger charge is -2.42. The van der Waals surface area contributed by atoms with Crippen LogP contribution < -0.4 is 4.74 Å². The molecule has 222 valence electrons. The van der Waals surface area contributed by atoms with Gasteiger partial charge >= 0.3 is 0 Å². The summed E-state index contributed by atoms with van der Waals surface area (Å²) in [6.07, 6.45) is 1.80. The molecule has 7 rings (SSSR count). The van der Waals surface area contributed by atoms with E-state index in [1.807, 2.05) is 134 Å². The van der Waals surface area contributed by atoms with Gasteiger partial charge in [-0.2, -0.15) is 0 Å². The molecule has 7 nitrogen and oxygen atoms in total. The van der Waals surface area contributed by atoms with E-state index in [9.17, 15) is 9.59 Å². The average molecular weight is 611 g/mol. The smallest absolute Gasteiger partial charge is 0.290 e. The zero-order valence-corrected chi connectivity index (χ0v) is 25.4. The summed E-state index contributed by atoms with van der Waals surface area (Å²) in [6, 6.07) is 40.9. The quantitative estimate of drug-likeness (QED) is 0.169. The number of nitrogens with one attached hydrogen (secondary N) is 1. The van der Waals surface area contributed by atoms with Crippen LogP contribution in [0.25, 0.3) is 11.2 Å². The number of rotatable bonds is 9. The van der Waals surface area contributed by atoms with Gasteiger partial charge in [-0.25, -0.2) is 9.97 Å². The summed E-state index contributed by atoms with van der Waals surface area (Å²) < 4.78 is 6.15. The Hall–Kier alpha value is -5.21. The highest BCUT2D eigenvalue weighted by molar-refractivity contribution is 8.15. The van der Waals surface area contributed by atoms with Crippen LogP contribution in [0.5, 0.6) is 5.75 Å². The number of carbonyl (C=O) groups is 2. The van der Waals surface area contributed by atoms with E-state index in [0.29, 0.717) is 23.6 Å². The van der Waals surface area contributed by atoms with Gasteiger partial charge in [-0.1, -0.05) is 115 Å². The molecule has 2 amide bonds. The van der Waals surface area contributed by atoms with Gasteiger partial charge in [0.2, 0.25) is 5.91 Å². The van der Waals surface area contributed by atoms with E-state index in [2.05, 4.69) is 15.0 Å². The van der Waals surface area contributed by atoms with E-state index in [-0.39, 0.29) is 17.3 Å². The first-order valence-corrected chi connectivity index (χ1v) is 15.7. The van der Waals surface area contributed by atoms with Gasteiger partial charge in [-0.3, -0.25) is 14.5 Å². The Kier molecular flexibility index (Phi) is 7.65. The fraction of sp³-hybridized carbons (Fsp3) is 0.135. The number of carbonyl (C=O) groups excluding carboxylic acids is 2. The molecular formula is C37H30N4O3S. The van der Waals surface area contributed by atoms with Crippen LogP contribution in [-0.4, -0.2) is 36.2 Å². The number of amides is 2. The molecule has 0 bridgehead atoms. The van der Waals surface area contributed by atoms with Gasteiger partial charge in [0.15, 0.2) is 11.8 Å². The Labute approximate surface area is 265 Å². The largest absolute Gasteiger partial charge is 0.483 e. The van der Waals surface area contributed by atoms with Crippen molar-refractivity contribution in [3.63, 3.8) is 0 Å². The summed E-state index contributed by atoms with van der Waals surface area (Å²) in [5, 5.41) is -0.836. The second-order valence-corrected chi connectivity index (χ2v) is 12.1. The molecule has 1 fully saturated rings. The van der Waals surface area contributed by atoms with Crippen LogP contribution >= 0.6 is 11.8 Å². The van der Waals surface area contributed by atoms with Gasteiger partial charge < -0.3 is 9.72 Å². The molecule has 6 aromatic rings. The zero-order chi connectivity index (χ0) is 30.8. The van der Waals surface area contributed by atoms with Crippen LogP contribution in [0.15, 0.2) is 134 Å². The van der Waals surface area contributed by atoms with Crippen molar-refractivity contribution in [1.29, 1.82) is 0 Å². The predicted octanol–water partition coefficient (Wildman–Crippen LogP) is 7.70. The van der Waals surface area contributed by atoms with E-state index in [4.69, 9.17) is 4.74 Å². The number of aromatic nitrogens is 3. The normalized spacial score (nSPS) is 15.8. The minimum Gasteiger partial charge on any atom is -0.483 e. The highest BCUT2D eigenvalue weighted by Gasteiger charge is 2.53. The van der Waals surface area contributed by atoms with Crippen molar-refractivity contribution in [2.75, 3.05) is 0 Å². The number of aromatic amines is 1. The van der Waals surface area contributed by atoms with Gasteiger partial charge in [0.05, 0.1) is 10.8 Å². The van der Waals surface area contributed by atoms with Crippen LogP contribution in [0.1, 0.15) is 41.1 Å². The van der Waals surface area contributed by atoms with E-state index < -0.39 is 10.8 Å². The zero-order valence-electron chi connectivity index (χ0n) is 24.5. The number of imide groups is 1. The Balaban J connectivity index is 1.16. The first kappa shape index (κ1) is 28.6. The maximum atomic E-state index is 14.4. The SMILES string of the molecule is CC(Oc1ccc(CC2SC(=O)N(C(c3ccccc3)(c3ccccc3)c3ccccc3)C2=O)cc1)c1nc2ncccc2[nH]1. The third-order valence-electron chi connectivity index (χ3n) is 8.15. The summed E-state index contributed by atoms with van der Waals surface area (Å²) >= 11 is 1.09. The third-order valence-corrected chi connectivity index (χ3v) is 9.19. The third kappa shape index (κ3) is 5.27. The van der Waals surface area contributed by atoms with Crippen LogP contribution in [-0.2, 0) is 16.8 Å². The van der Waals surface area contributed by atoms with Crippen LogP contribution in [0.3, 0.4) is 0 Å². The Morgan fingerprint density at radius 1 is 0.800 bits per heavy atom. The summed E-state index contributed by atoms with van der Waals surface area (Å²) in [4.78, 5) is 41.9. The lowest BCUT2D eigenvalue weighted by atomic mass is 9.75. The number of thioether (sulfide) groups is 1.